The van der Waals surface area contributed by atoms with Crippen molar-refractivity contribution in [1.29, 1.82) is 0 Å². The van der Waals surface area contributed by atoms with Gasteiger partial charge in [-0.2, -0.15) is 17.5 Å². The zero-order valence-corrected chi connectivity index (χ0v) is 17.9. The van der Waals surface area contributed by atoms with Crippen molar-refractivity contribution in [2.75, 3.05) is 11.4 Å². The lowest BCUT2D eigenvalue weighted by molar-refractivity contribution is -0.137. The van der Waals surface area contributed by atoms with Crippen LogP contribution >= 0.6 is 0 Å². The number of sulfonamides is 1. The second-order valence-electron chi connectivity index (χ2n) is 7.55. The van der Waals surface area contributed by atoms with Gasteiger partial charge in [0.1, 0.15) is 10.7 Å². The number of fused-ring (bicyclic) bond motifs is 1. The summed E-state index contributed by atoms with van der Waals surface area (Å²) in [6, 6.07) is 15.8. The molecule has 0 unspecified atom stereocenters. The number of amides is 1. The minimum atomic E-state index is -4.59. The average molecular weight is 478 g/mol. The fraction of sp³-hybridized carbons (Fsp3) is 0.174. The summed E-state index contributed by atoms with van der Waals surface area (Å²) in [6.45, 7) is -1.07. The highest BCUT2D eigenvalue weighted by Crippen LogP contribution is 2.34. The van der Waals surface area contributed by atoms with Crippen molar-refractivity contribution in [2.24, 2.45) is 0 Å². The summed E-state index contributed by atoms with van der Waals surface area (Å²) in [6.07, 6.45) is -4.59. The lowest BCUT2D eigenvalue weighted by Gasteiger charge is -2.22. The summed E-state index contributed by atoms with van der Waals surface area (Å²) >= 11 is 0. The monoisotopic (exact) mass is 478 g/mol. The Bertz CT molecular complexity index is 1310. The quantitative estimate of drug-likeness (QED) is 0.516. The summed E-state index contributed by atoms with van der Waals surface area (Å²) in [7, 11) is -4.22. The van der Waals surface area contributed by atoms with Crippen LogP contribution in [0.4, 0.5) is 23.2 Å². The molecule has 1 aliphatic heterocycles. The number of rotatable bonds is 4. The molecule has 0 saturated carbocycles. The van der Waals surface area contributed by atoms with Gasteiger partial charge < -0.3 is 4.90 Å². The van der Waals surface area contributed by atoms with Crippen LogP contribution in [0, 0.1) is 5.82 Å². The van der Waals surface area contributed by atoms with E-state index >= 15 is 0 Å². The van der Waals surface area contributed by atoms with Crippen molar-refractivity contribution in [3.8, 4) is 0 Å². The number of hydrogen-bond donors (Lipinski definition) is 0. The maximum Gasteiger partial charge on any atom is 0.416 e. The molecule has 1 heterocycles. The smallest absolute Gasteiger partial charge is 0.305 e. The highest BCUT2D eigenvalue weighted by Gasteiger charge is 2.37. The standard InChI is InChI=1S/C23H18F4N2O3S/c24-19-8-4-6-17(12-19)14-29-20-9-1-2-10-21(20)33(31,32)28(15-22(29)30)13-16-5-3-7-18(11-16)23(25,26)27/h1-12H,13-15H2. The zero-order chi connectivity index (χ0) is 23.8. The lowest BCUT2D eigenvalue weighted by Crippen LogP contribution is -2.38. The SMILES string of the molecule is O=C1CN(Cc2cccc(C(F)(F)F)c2)S(=O)(=O)c2ccccc2N1Cc1cccc(F)c1. The maximum absolute atomic E-state index is 13.7. The van der Waals surface area contributed by atoms with Gasteiger partial charge in [-0.05, 0) is 41.5 Å². The number of anilines is 1. The largest absolute Gasteiger partial charge is 0.416 e. The Morgan fingerprint density at radius 2 is 1.52 bits per heavy atom. The molecule has 5 nitrogen and oxygen atoms in total. The third kappa shape index (κ3) is 4.76. The van der Waals surface area contributed by atoms with E-state index in [0.29, 0.717) is 5.56 Å². The predicted octanol–water partition coefficient (Wildman–Crippen LogP) is 4.58. The molecule has 172 valence electrons. The molecular formula is C23H18F4N2O3S. The highest BCUT2D eigenvalue weighted by atomic mass is 32.2. The Hall–Kier alpha value is -3.24. The number of carbonyl (C=O) groups is 1. The Balaban J connectivity index is 1.73. The summed E-state index contributed by atoms with van der Waals surface area (Å²) in [4.78, 5) is 14.2. The van der Waals surface area contributed by atoms with Crippen LogP contribution in [0.3, 0.4) is 0 Å². The van der Waals surface area contributed by atoms with Crippen molar-refractivity contribution in [2.45, 2.75) is 24.2 Å². The van der Waals surface area contributed by atoms with E-state index < -0.39 is 46.6 Å². The Morgan fingerprint density at radius 1 is 0.848 bits per heavy atom. The van der Waals surface area contributed by atoms with Gasteiger partial charge in [-0.1, -0.05) is 42.5 Å². The van der Waals surface area contributed by atoms with Crippen LogP contribution in [-0.2, 0) is 34.1 Å². The molecule has 0 radical (unpaired) electrons. The molecule has 1 amide bonds. The average Bonchev–Trinajstić information content (AvgIpc) is 2.83. The Labute approximate surface area is 187 Å². The summed E-state index contributed by atoms with van der Waals surface area (Å²) < 4.78 is 80.5. The lowest BCUT2D eigenvalue weighted by atomic mass is 10.1. The molecule has 0 atom stereocenters. The first-order valence-electron chi connectivity index (χ1n) is 9.86. The van der Waals surface area contributed by atoms with E-state index in [2.05, 4.69) is 0 Å². The number of alkyl halides is 3. The molecule has 1 aliphatic rings. The summed E-state index contributed by atoms with van der Waals surface area (Å²) in [5.41, 5.74) is -0.232. The fourth-order valence-corrected chi connectivity index (χ4v) is 5.25. The molecule has 0 aliphatic carbocycles. The van der Waals surface area contributed by atoms with Crippen LogP contribution in [0.2, 0.25) is 0 Å². The number of hydrogen-bond acceptors (Lipinski definition) is 3. The van der Waals surface area contributed by atoms with E-state index in [4.69, 9.17) is 0 Å². The molecule has 0 bridgehead atoms. The number of carbonyl (C=O) groups excluding carboxylic acids is 1. The topological polar surface area (TPSA) is 57.7 Å². The van der Waals surface area contributed by atoms with E-state index in [1.807, 2.05) is 0 Å². The van der Waals surface area contributed by atoms with Gasteiger partial charge in [-0.25, -0.2) is 12.8 Å². The maximum atomic E-state index is 13.7. The fourth-order valence-electron chi connectivity index (χ4n) is 3.67. The molecule has 0 spiro atoms. The first-order chi connectivity index (χ1) is 15.6. The van der Waals surface area contributed by atoms with E-state index in [9.17, 15) is 30.8 Å². The van der Waals surface area contributed by atoms with Gasteiger partial charge in [0.15, 0.2) is 0 Å². The molecule has 33 heavy (non-hydrogen) atoms. The van der Waals surface area contributed by atoms with Crippen LogP contribution in [-0.4, -0.2) is 25.2 Å². The van der Waals surface area contributed by atoms with Crippen LogP contribution in [0.5, 0.6) is 0 Å². The van der Waals surface area contributed by atoms with Gasteiger partial charge in [-0.3, -0.25) is 4.79 Å². The van der Waals surface area contributed by atoms with Crippen molar-refractivity contribution >= 4 is 21.6 Å². The van der Waals surface area contributed by atoms with Crippen molar-refractivity contribution in [3.05, 3.63) is 95.3 Å². The van der Waals surface area contributed by atoms with Crippen molar-refractivity contribution in [3.63, 3.8) is 0 Å². The van der Waals surface area contributed by atoms with Crippen molar-refractivity contribution < 1.29 is 30.8 Å². The van der Waals surface area contributed by atoms with Gasteiger partial charge in [0.2, 0.25) is 15.9 Å². The van der Waals surface area contributed by atoms with E-state index in [-0.39, 0.29) is 22.7 Å². The molecule has 3 aromatic rings. The predicted molar refractivity (Wildman–Crippen MR) is 113 cm³/mol. The molecule has 3 aromatic carbocycles. The van der Waals surface area contributed by atoms with Crippen LogP contribution < -0.4 is 4.90 Å². The second kappa shape index (κ2) is 8.60. The van der Waals surface area contributed by atoms with Crippen molar-refractivity contribution in [1.82, 2.24) is 4.31 Å². The number of nitrogens with zero attached hydrogens (tertiary/aromatic N) is 2. The van der Waals surface area contributed by atoms with E-state index in [1.165, 1.54) is 53.4 Å². The third-order valence-corrected chi connectivity index (χ3v) is 7.07. The highest BCUT2D eigenvalue weighted by molar-refractivity contribution is 7.89. The van der Waals surface area contributed by atoms with Crippen LogP contribution in [0.1, 0.15) is 16.7 Å². The molecule has 0 N–H and O–H groups in total. The first-order valence-corrected chi connectivity index (χ1v) is 11.3. The van der Waals surface area contributed by atoms with Gasteiger partial charge in [0.25, 0.3) is 0 Å². The Morgan fingerprint density at radius 3 is 2.21 bits per heavy atom. The minimum absolute atomic E-state index is 0.0689. The number of halogens is 4. The summed E-state index contributed by atoms with van der Waals surface area (Å²) in [5, 5.41) is 0. The van der Waals surface area contributed by atoms with E-state index in [0.717, 1.165) is 16.4 Å². The summed E-state index contributed by atoms with van der Waals surface area (Å²) in [5.74, 6) is -1.08. The second-order valence-corrected chi connectivity index (χ2v) is 9.46. The van der Waals surface area contributed by atoms with Gasteiger partial charge in [0, 0.05) is 6.54 Å². The molecule has 0 saturated heterocycles. The van der Waals surface area contributed by atoms with E-state index in [1.54, 1.807) is 12.1 Å². The zero-order valence-electron chi connectivity index (χ0n) is 17.1. The molecule has 0 fully saturated rings. The number of para-hydroxylation sites is 1. The molecule has 10 heteroatoms. The molecule has 0 aromatic heterocycles. The number of benzene rings is 3. The Kier molecular flexibility index (Phi) is 5.98. The van der Waals surface area contributed by atoms with Gasteiger partial charge in [-0.15, -0.1) is 0 Å². The normalized spacial score (nSPS) is 16.4. The minimum Gasteiger partial charge on any atom is -0.305 e. The van der Waals surface area contributed by atoms with Crippen LogP contribution in [0.15, 0.2) is 77.7 Å². The van der Waals surface area contributed by atoms with Gasteiger partial charge in [0.05, 0.1) is 24.3 Å². The molecular weight excluding hydrogens is 460 g/mol. The van der Waals surface area contributed by atoms with Gasteiger partial charge >= 0.3 is 6.18 Å². The first kappa shape index (κ1) is 22.9. The molecule has 4 rings (SSSR count). The van der Waals surface area contributed by atoms with Crippen LogP contribution in [0.25, 0.3) is 0 Å². The third-order valence-electron chi connectivity index (χ3n) is 5.23.